The summed E-state index contributed by atoms with van der Waals surface area (Å²) in [5.74, 6) is -4.22. The molecule has 2 N–H and O–H groups in total. The summed E-state index contributed by atoms with van der Waals surface area (Å²) in [4.78, 5) is 22.3. The van der Waals surface area contributed by atoms with Crippen LogP contribution in [0, 0.1) is 11.6 Å². The summed E-state index contributed by atoms with van der Waals surface area (Å²) < 4.78 is 26.5. The van der Waals surface area contributed by atoms with Crippen LogP contribution < -0.4 is 5.32 Å². The van der Waals surface area contributed by atoms with Crippen LogP contribution in [-0.4, -0.2) is 23.0 Å². The summed E-state index contributed by atoms with van der Waals surface area (Å²) in [7, 11) is 0. The van der Waals surface area contributed by atoms with E-state index in [-0.39, 0.29) is 6.42 Å². The first kappa shape index (κ1) is 14.4. The highest BCUT2D eigenvalue weighted by atomic mass is 35.5. The summed E-state index contributed by atoms with van der Waals surface area (Å²) in [5.41, 5.74) is -0.586. The number of nitrogens with one attached hydrogen (secondary N) is 1. The zero-order valence-electron chi connectivity index (χ0n) is 9.34. The summed E-state index contributed by atoms with van der Waals surface area (Å²) in [5, 5.41) is 10.4. The molecular formula is C11H10ClF2NO3. The molecular weight excluding hydrogens is 268 g/mol. The molecule has 7 heteroatoms. The monoisotopic (exact) mass is 277 g/mol. The van der Waals surface area contributed by atoms with Gasteiger partial charge in [-0.2, -0.15) is 0 Å². The Morgan fingerprint density at radius 1 is 1.39 bits per heavy atom. The molecule has 0 aliphatic heterocycles. The van der Waals surface area contributed by atoms with Crippen molar-refractivity contribution < 1.29 is 23.5 Å². The maximum Gasteiger partial charge on any atom is 0.326 e. The molecule has 0 unspecified atom stereocenters. The van der Waals surface area contributed by atoms with Crippen LogP contribution >= 0.6 is 11.6 Å². The number of amides is 1. The third-order valence-corrected chi connectivity index (χ3v) is 2.56. The molecule has 1 aromatic rings. The molecule has 0 aliphatic carbocycles. The van der Waals surface area contributed by atoms with Gasteiger partial charge in [0.2, 0.25) is 0 Å². The summed E-state index contributed by atoms with van der Waals surface area (Å²) in [6.07, 6.45) is 0.124. The van der Waals surface area contributed by atoms with Crippen LogP contribution in [0.2, 0.25) is 5.02 Å². The Kier molecular flexibility index (Phi) is 4.61. The number of benzene rings is 1. The Bertz CT molecular complexity index is 493. The van der Waals surface area contributed by atoms with Crippen molar-refractivity contribution in [1.29, 1.82) is 0 Å². The number of carbonyl (C=O) groups is 2. The predicted molar refractivity (Wildman–Crippen MR) is 60.5 cm³/mol. The quantitative estimate of drug-likeness (QED) is 0.829. The van der Waals surface area contributed by atoms with Crippen molar-refractivity contribution >= 4 is 23.5 Å². The number of carboxylic acid groups (broad SMARTS) is 1. The topological polar surface area (TPSA) is 66.4 Å². The molecule has 0 saturated carbocycles. The Morgan fingerprint density at radius 3 is 2.50 bits per heavy atom. The molecule has 4 nitrogen and oxygen atoms in total. The zero-order chi connectivity index (χ0) is 13.9. The maximum atomic E-state index is 13.4. The predicted octanol–water partition coefficient (Wildman–Crippen LogP) is 2.21. The van der Waals surface area contributed by atoms with E-state index in [9.17, 15) is 18.4 Å². The molecule has 1 aromatic carbocycles. The van der Waals surface area contributed by atoms with E-state index >= 15 is 0 Å². The molecule has 0 heterocycles. The molecule has 0 fully saturated rings. The van der Waals surface area contributed by atoms with Crippen molar-refractivity contribution in [3.05, 3.63) is 34.4 Å². The highest BCUT2D eigenvalue weighted by Crippen LogP contribution is 2.19. The lowest BCUT2D eigenvalue weighted by Gasteiger charge is -2.12. The number of hydrogen-bond acceptors (Lipinski definition) is 2. The van der Waals surface area contributed by atoms with Gasteiger partial charge in [0.1, 0.15) is 17.7 Å². The van der Waals surface area contributed by atoms with Gasteiger partial charge in [0.05, 0.1) is 10.6 Å². The van der Waals surface area contributed by atoms with E-state index < -0.39 is 40.1 Å². The van der Waals surface area contributed by atoms with Crippen LogP contribution in [0.25, 0.3) is 0 Å². The van der Waals surface area contributed by atoms with E-state index in [2.05, 4.69) is 5.32 Å². The van der Waals surface area contributed by atoms with Crippen molar-refractivity contribution in [1.82, 2.24) is 5.32 Å². The van der Waals surface area contributed by atoms with Crippen LogP contribution in [0.1, 0.15) is 23.7 Å². The lowest BCUT2D eigenvalue weighted by molar-refractivity contribution is -0.139. The van der Waals surface area contributed by atoms with Gasteiger partial charge in [-0.1, -0.05) is 18.5 Å². The standard InChI is InChI=1S/C11H10ClF2NO3/c1-2-9(11(17)18)15-10(16)5-3-8(14)6(12)4-7(5)13/h3-4,9H,2H2,1H3,(H,15,16)(H,17,18)/t9-/m1/s1. The van der Waals surface area contributed by atoms with E-state index in [4.69, 9.17) is 16.7 Å². The number of rotatable bonds is 4. The van der Waals surface area contributed by atoms with Gasteiger partial charge in [0, 0.05) is 0 Å². The van der Waals surface area contributed by atoms with Crippen LogP contribution in [0.4, 0.5) is 8.78 Å². The number of aliphatic carboxylic acids is 1. The largest absolute Gasteiger partial charge is 0.480 e. The minimum atomic E-state index is -1.25. The summed E-state index contributed by atoms with van der Waals surface area (Å²) in [6, 6.07) is 0.130. The third kappa shape index (κ3) is 3.16. The first-order valence-electron chi connectivity index (χ1n) is 5.05. The molecule has 0 bridgehead atoms. The fourth-order valence-electron chi connectivity index (χ4n) is 1.27. The van der Waals surface area contributed by atoms with Gasteiger partial charge in [-0.3, -0.25) is 4.79 Å². The molecule has 18 heavy (non-hydrogen) atoms. The second-order valence-electron chi connectivity index (χ2n) is 3.52. The minimum Gasteiger partial charge on any atom is -0.480 e. The van der Waals surface area contributed by atoms with Gasteiger partial charge in [-0.05, 0) is 18.6 Å². The third-order valence-electron chi connectivity index (χ3n) is 2.27. The molecule has 0 saturated heterocycles. The van der Waals surface area contributed by atoms with Crippen molar-refractivity contribution in [2.24, 2.45) is 0 Å². The van der Waals surface area contributed by atoms with E-state index in [1.807, 2.05) is 0 Å². The Labute approximate surface area is 107 Å². The molecule has 1 rings (SSSR count). The van der Waals surface area contributed by atoms with Crippen molar-refractivity contribution in [3.8, 4) is 0 Å². The van der Waals surface area contributed by atoms with E-state index in [1.165, 1.54) is 6.92 Å². The zero-order valence-corrected chi connectivity index (χ0v) is 10.1. The summed E-state index contributed by atoms with van der Waals surface area (Å²) in [6.45, 7) is 1.54. The van der Waals surface area contributed by atoms with Crippen molar-refractivity contribution in [3.63, 3.8) is 0 Å². The molecule has 98 valence electrons. The average molecular weight is 278 g/mol. The van der Waals surface area contributed by atoms with Gasteiger partial charge >= 0.3 is 5.97 Å². The Balaban J connectivity index is 2.97. The van der Waals surface area contributed by atoms with Crippen LogP contribution in [0.3, 0.4) is 0 Å². The van der Waals surface area contributed by atoms with Crippen molar-refractivity contribution in [2.45, 2.75) is 19.4 Å². The summed E-state index contributed by atoms with van der Waals surface area (Å²) >= 11 is 5.33. The lowest BCUT2D eigenvalue weighted by Crippen LogP contribution is -2.40. The van der Waals surface area contributed by atoms with Crippen LogP contribution in [0.5, 0.6) is 0 Å². The normalized spacial score (nSPS) is 12.0. The van der Waals surface area contributed by atoms with Gasteiger partial charge in [-0.15, -0.1) is 0 Å². The molecule has 1 atom stereocenters. The molecule has 1 amide bonds. The number of carboxylic acids is 1. The molecule has 0 radical (unpaired) electrons. The second-order valence-corrected chi connectivity index (χ2v) is 3.93. The van der Waals surface area contributed by atoms with Gasteiger partial charge in [0.15, 0.2) is 0 Å². The second kappa shape index (κ2) is 5.77. The highest BCUT2D eigenvalue weighted by Gasteiger charge is 2.21. The smallest absolute Gasteiger partial charge is 0.326 e. The van der Waals surface area contributed by atoms with Gasteiger partial charge in [0.25, 0.3) is 5.91 Å². The maximum absolute atomic E-state index is 13.4. The Hall–Kier alpha value is -1.69. The number of hydrogen-bond donors (Lipinski definition) is 2. The first-order valence-corrected chi connectivity index (χ1v) is 5.42. The Morgan fingerprint density at radius 2 is 2.00 bits per heavy atom. The van der Waals surface area contributed by atoms with E-state index in [1.54, 1.807) is 0 Å². The fraction of sp³-hybridized carbons (Fsp3) is 0.273. The van der Waals surface area contributed by atoms with Gasteiger partial charge in [-0.25, -0.2) is 13.6 Å². The van der Waals surface area contributed by atoms with E-state index in [0.717, 1.165) is 0 Å². The average Bonchev–Trinajstić information content (AvgIpc) is 2.29. The highest BCUT2D eigenvalue weighted by molar-refractivity contribution is 6.30. The van der Waals surface area contributed by atoms with Crippen LogP contribution in [0.15, 0.2) is 12.1 Å². The molecule has 0 aromatic heterocycles. The van der Waals surface area contributed by atoms with Crippen molar-refractivity contribution in [2.75, 3.05) is 0 Å². The SMILES string of the molecule is CC[C@@H](NC(=O)c1cc(F)c(Cl)cc1F)C(=O)O. The van der Waals surface area contributed by atoms with Crippen LogP contribution in [-0.2, 0) is 4.79 Å². The van der Waals surface area contributed by atoms with Gasteiger partial charge < -0.3 is 10.4 Å². The minimum absolute atomic E-state index is 0.124. The number of carbonyl (C=O) groups excluding carboxylic acids is 1. The molecule has 0 aliphatic rings. The number of halogens is 3. The molecule has 0 spiro atoms. The lowest BCUT2D eigenvalue weighted by atomic mass is 10.1. The first-order chi connectivity index (χ1) is 8.36. The fourth-order valence-corrected chi connectivity index (χ4v) is 1.42. The van der Waals surface area contributed by atoms with E-state index in [0.29, 0.717) is 12.1 Å².